The van der Waals surface area contributed by atoms with E-state index in [9.17, 15) is 9.90 Å². The molecule has 32 heavy (non-hydrogen) atoms. The van der Waals surface area contributed by atoms with Gasteiger partial charge in [-0.15, -0.1) is 0 Å². The number of amidine groups is 1. The number of rotatable bonds is 7. The summed E-state index contributed by atoms with van der Waals surface area (Å²) in [6.45, 7) is 6.84. The highest BCUT2D eigenvalue weighted by molar-refractivity contribution is 5.95. The Morgan fingerprint density at radius 3 is 2.19 bits per heavy atom. The van der Waals surface area contributed by atoms with Crippen LogP contribution in [0.4, 0.5) is 5.69 Å². The van der Waals surface area contributed by atoms with Crippen LogP contribution >= 0.6 is 0 Å². The number of carboxylic acid groups (broad SMARTS) is 1. The lowest BCUT2D eigenvalue weighted by atomic mass is 9.98. The second-order valence-corrected chi connectivity index (χ2v) is 9.20. The van der Waals surface area contributed by atoms with Gasteiger partial charge in [0.2, 0.25) is 0 Å². The molecule has 4 N–H and O–H groups in total. The zero-order valence-electron chi connectivity index (χ0n) is 18.6. The number of nitrogens with two attached hydrogens (primary N) is 1. The van der Waals surface area contributed by atoms with Crippen LogP contribution in [0.1, 0.15) is 24.0 Å². The number of benzene rings is 2. The zero-order valence-corrected chi connectivity index (χ0v) is 18.6. The summed E-state index contributed by atoms with van der Waals surface area (Å²) < 4.78 is 0.651. The van der Waals surface area contributed by atoms with Crippen molar-refractivity contribution in [1.82, 2.24) is 4.90 Å². The minimum Gasteiger partial charge on any atom is -0.477 e. The predicted octanol–water partition coefficient (Wildman–Crippen LogP) is 2.36. The molecule has 170 valence electrons. The van der Waals surface area contributed by atoms with E-state index in [2.05, 4.69) is 21.9 Å². The number of quaternary nitrogens is 1. The highest BCUT2D eigenvalue weighted by Crippen LogP contribution is 2.27. The predicted molar refractivity (Wildman–Crippen MR) is 127 cm³/mol. The molecular weight excluding hydrogens is 402 g/mol. The van der Waals surface area contributed by atoms with Crippen molar-refractivity contribution in [1.29, 1.82) is 5.41 Å². The average Bonchev–Trinajstić information content (AvgIpc) is 2.80. The second-order valence-electron chi connectivity index (χ2n) is 9.20. The molecule has 7 heteroatoms. The minimum atomic E-state index is -0.705. The summed E-state index contributed by atoms with van der Waals surface area (Å²) >= 11 is 0. The quantitative estimate of drug-likeness (QED) is 0.352. The minimum absolute atomic E-state index is 0.100. The summed E-state index contributed by atoms with van der Waals surface area (Å²) in [5.41, 5.74) is 8.72. The lowest BCUT2D eigenvalue weighted by Crippen LogP contribution is -2.59. The van der Waals surface area contributed by atoms with Crippen LogP contribution in [0.15, 0.2) is 54.6 Å². The summed E-state index contributed by atoms with van der Waals surface area (Å²) in [5, 5.41) is 17.1. The first-order valence-electron chi connectivity index (χ1n) is 11.5. The molecule has 0 amide bonds. The lowest BCUT2D eigenvalue weighted by Gasteiger charge is -2.47. The molecule has 0 radical (unpaired) electrons. The van der Waals surface area contributed by atoms with Gasteiger partial charge in [0.25, 0.3) is 0 Å². The van der Waals surface area contributed by atoms with Crippen molar-refractivity contribution in [2.75, 3.05) is 50.7 Å². The summed E-state index contributed by atoms with van der Waals surface area (Å²) in [4.78, 5) is 16.6. The van der Waals surface area contributed by atoms with E-state index >= 15 is 0 Å². The van der Waals surface area contributed by atoms with Crippen molar-refractivity contribution in [3.63, 3.8) is 0 Å². The number of anilines is 1. The van der Waals surface area contributed by atoms with Crippen molar-refractivity contribution in [3.05, 3.63) is 65.7 Å². The number of nitrogens with zero attached hydrogens (tertiary/aromatic N) is 3. The van der Waals surface area contributed by atoms with E-state index in [1.54, 1.807) is 0 Å². The smallest absolute Gasteiger partial charge is 0.359 e. The summed E-state index contributed by atoms with van der Waals surface area (Å²) in [7, 11) is 0. The van der Waals surface area contributed by atoms with Crippen molar-refractivity contribution in [2.24, 2.45) is 5.73 Å². The van der Waals surface area contributed by atoms with Crippen molar-refractivity contribution in [2.45, 2.75) is 25.4 Å². The molecule has 0 unspecified atom stereocenters. The Bertz CT molecular complexity index is 915. The first kappa shape index (κ1) is 22.3. The van der Waals surface area contributed by atoms with Gasteiger partial charge in [0.15, 0.2) is 6.54 Å². The number of hydrogen-bond acceptors (Lipinski definition) is 4. The van der Waals surface area contributed by atoms with Crippen LogP contribution in [0.25, 0.3) is 0 Å². The largest absolute Gasteiger partial charge is 0.477 e. The summed E-state index contributed by atoms with van der Waals surface area (Å²) in [6, 6.07) is 18.8. The lowest BCUT2D eigenvalue weighted by molar-refractivity contribution is -0.939. The number of carbonyl (C=O) groups is 1. The van der Waals surface area contributed by atoms with Gasteiger partial charge in [-0.05, 0) is 24.3 Å². The third kappa shape index (κ3) is 5.29. The van der Waals surface area contributed by atoms with Gasteiger partial charge in [-0.25, -0.2) is 4.79 Å². The molecule has 0 saturated carbocycles. The number of piperazine rings is 1. The van der Waals surface area contributed by atoms with E-state index in [4.69, 9.17) is 11.1 Å². The van der Waals surface area contributed by atoms with Crippen molar-refractivity contribution < 1.29 is 14.4 Å². The maximum Gasteiger partial charge on any atom is 0.359 e. The highest BCUT2D eigenvalue weighted by Gasteiger charge is 2.38. The molecule has 2 heterocycles. The van der Waals surface area contributed by atoms with Crippen LogP contribution in [0.3, 0.4) is 0 Å². The first-order chi connectivity index (χ1) is 15.4. The third-order valence-electron chi connectivity index (χ3n) is 7.08. The van der Waals surface area contributed by atoms with Crippen LogP contribution in [-0.2, 0) is 11.3 Å². The Balaban J connectivity index is 1.32. The summed E-state index contributed by atoms with van der Waals surface area (Å²) in [6.07, 6.45) is 2.10. The Kier molecular flexibility index (Phi) is 6.77. The molecule has 2 aromatic rings. The maximum absolute atomic E-state index is 11.6. The van der Waals surface area contributed by atoms with E-state index < -0.39 is 5.97 Å². The fourth-order valence-corrected chi connectivity index (χ4v) is 5.29. The molecule has 2 aliphatic rings. The molecular formula is C25H34N5O2+. The molecule has 4 rings (SSSR count). The Labute approximate surface area is 190 Å². The van der Waals surface area contributed by atoms with Crippen LogP contribution in [0, 0.1) is 5.41 Å². The van der Waals surface area contributed by atoms with Crippen LogP contribution in [-0.4, -0.2) is 78.1 Å². The molecule has 0 atom stereocenters. The van der Waals surface area contributed by atoms with E-state index in [-0.39, 0.29) is 12.4 Å². The Hall–Kier alpha value is -2.90. The molecule has 0 aliphatic carbocycles. The maximum atomic E-state index is 11.6. The molecule has 0 bridgehead atoms. The third-order valence-corrected chi connectivity index (χ3v) is 7.08. The SMILES string of the molecule is N=C(N)c1ccc(N2CCN([C@H]3CC[N@+](CC(=O)O)(Cc4ccccc4)CC3)CC2)cc1. The second kappa shape index (κ2) is 9.71. The highest BCUT2D eigenvalue weighted by atomic mass is 16.4. The molecule has 0 aromatic heterocycles. The van der Waals surface area contributed by atoms with Gasteiger partial charge in [0, 0.05) is 61.9 Å². The average molecular weight is 437 g/mol. The van der Waals surface area contributed by atoms with Gasteiger partial charge >= 0.3 is 5.97 Å². The topological polar surface area (TPSA) is 93.7 Å². The van der Waals surface area contributed by atoms with E-state index in [0.29, 0.717) is 10.5 Å². The fraction of sp³-hybridized carbons (Fsp3) is 0.440. The van der Waals surface area contributed by atoms with Crippen LogP contribution < -0.4 is 10.6 Å². The molecule has 2 aromatic carbocycles. The number of carboxylic acids is 1. The van der Waals surface area contributed by atoms with Crippen molar-refractivity contribution >= 4 is 17.5 Å². The Morgan fingerprint density at radius 2 is 1.62 bits per heavy atom. The van der Waals surface area contributed by atoms with Gasteiger partial charge in [0.05, 0.1) is 13.1 Å². The molecule has 2 fully saturated rings. The number of nitrogens with one attached hydrogen (secondary N) is 1. The van der Waals surface area contributed by atoms with Crippen LogP contribution in [0.5, 0.6) is 0 Å². The van der Waals surface area contributed by atoms with Gasteiger partial charge < -0.3 is 20.2 Å². The fourth-order valence-electron chi connectivity index (χ4n) is 5.29. The molecule has 7 nitrogen and oxygen atoms in total. The van der Waals surface area contributed by atoms with E-state index in [1.807, 2.05) is 42.5 Å². The standard InChI is InChI=1S/C25H33N5O2/c26-25(27)21-6-8-22(9-7-21)28-12-14-29(15-13-28)23-10-16-30(17-11-23,19-24(31)32)18-20-4-2-1-3-5-20/h1-9,23H,10-19H2,(H3-,26,27,31,32)/p+1/t23-,30+. The molecule has 2 saturated heterocycles. The van der Waals surface area contributed by atoms with Gasteiger partial charge in [-0.1, -0.05) is 30.3 Å². The Morgan fingerprint density at radius 1 is 1.00 bits per heavy atom. The number of aliphatic carboxylic acids is 1. The zero-order chi connectivity index (χ0) is 22.6. The number of nitrogen functional groups attached to an aromatic ring is 1. The van der Waals surface area contributed by atoms with Gasteiger partial charge in [0.1, 0.15) is 12.4 Å². The number of piperidine rings is 1. The van der Waals surface area contributed by atoms with E-state index in [1.165, 1.54) is 11.3 Å². The monoisotopic (exact) mass is 436 g/mol. The number of hydrogen-bond donors (Lipinski definition) is 3. The number of likely N-dealkylation sites (tertiary alicyclic amines) is 1. The molecule has 2 aliphatic heterocycles. The first-order valence-corrected chi connectivity index (χ1v) is 11.5. The normalized spacial score (nSPS) is 24.2. The molecule has 0 spiro atoms. The summed E-state index contributed by atoms with van der Waals surface area (Å²) in [5.74, 6) is -0.605. The van der Waals surface area contributed by atoms with Crippen LogP contribution in [0.2, 0.25) is 0 Å². The van der Waals surface area contributed by atoms with Gasteiger partial charge in [-0.3, -0.25) is 10.3 Å². The van der Waals surface area contributed by atoms with Gasteiger partial charge in [-0.2, -0.15) is 0 Å². The van der Waals surface area contributed by atoms with Crippen molar-refractivity contribution in [3.8, 4) is 0 Å². The van der Waals surface area contributed by atoms with E-state index in [0.717, 1.165) is 64.2 Å².